The molecule has 0 saturated carbocycles. The van der Waals surface area contributed by atoms with Gasteiger partial charge >= 0.3 is 11.8 Å². The quantitative estimate of drug-likeness (QED) is 0.424. The zero-order valence-corrected chi connectivity index (χ0v) is 20.3. The molecule has 0 radical (unpaired) electrons. The van der Waals surface area contributed by atoms with Crippen molar-refractivity contribution in [1.82, 2.24) is 24.4 Å². The van der Waals surface area contributed by atoms with E-state index in [1.165, 1.54) is 11.6 Å². The van der Waals surface area contributed by atoms with E-state index >= 15 is 0 Å². The molecule has 0 saturated heterocycles. The van der Waals surface area contributed by atoms with Crippen molar-refractivity contribution in [3.8, 4) is 34.8 Å². The van der Waals surface area contributed by atoms with Crippen LogP contribution in [0.3, 0.4) is 0 Å². The van der Waals surface area contributed by atoms with Gasteiger partial charge in [-0.15, -0.1) is 5.92 Å². The Balaban J connectivity index is 1.28. The molecule has 2 aromatic carbocycles. The van der Waals surface area contributed by atoms with Gasteiger partial charge in [-0.2, -0.15) is 0 Å². The van der Waals surface area contributed by atoms with Gasteiger partial charge in [-0.1, -0.05) is 60.4 Å². The third-order valence-corrected chi connectivity index (χ3v) is 6.29. The largest absolute Gasteiger partial charge is 0.449 e. The van der Waals surface area contributed by atoms with E-state index in [1.807, 2.05) is 24.3 Å². The van der Waals surface area contributed by atoms with E-state index in [4.69, 9.17) is 4.74 Å². The molecule has 5 rings (SSSR count). The summed E-state index contributed by atoms with van der Waals surface area (Å²) < 4.78 is 8.31. The van der Waals surface area contributed by atoms with Gasteiger partial charge in [0.1, 0.15) is 6.61 Å². The Morgan fingerprint density at radius 2 is 1.76 bits per heavy atom. The number of amides is 1. The van der Waals surface area contributed by atoms with Crippen LogP contribution in [0, 0.1) is 23.7 Å². The van der Waals surface area contributed by atoms with Crippen LogP contribution in [0.1, 0.15) is 29.8 Å². The Hall–Kier alpha value is -5.02. The predicted molar refractivity (Wildman–Crippen MR) is 139 cm³/mol. The Labute approximate surface area is 212 Å². The molecule has 2 heterocycles. The topological polar surface area (TPSA) is 111 Å². The Bertz CT molecular complexity index is 1730. The molecule has 2 aromatic heterocycles. The first-order valence-corrected chi connectivity index (χ1v) is 11.7. The molecule has 1 aliphatic rings. The lowest BCUT2D eigenvalue weighted by molar-refractivity contribution is 0.144. The van der Waals surface area contributed by atoms with Crippen LogP contribution >= 0.6 is 0 Å². The fourth-order valence-electron chi connectivity index (χ4n) is 4.53. The molecule has 0 unspecified atom stereocenters. The summed E-state index contributed by atoms with van der Waals surface area (Å²) in [6.07, 6.45) is -0.583. The number of aromatic nitrogens is 4. The number of carbonyl (C=O) groups is 1. The number of hydrogen-bond donors (Lipinski definition) is 2. The molecule has 2 N–H and O–H groups in total. The van der Waals surface area contributed by atoms with Gasteiger partial charge < -0.3 is 10.1 Å². The van der Waals surface area contributed by atoms with Gasteiger partial charge in [0.05, 0.1) is 13.1 Å². The van der Waals surface area contributed by atoms with Crippen LogP contribution in [-0.2, 0) is 18.3 Å². The van der Waals surface area contributed by atoms with E-state index in [1.54, 1.807) is 11.5 Å². The Morgan fingerprint density at radius 3 is 2.43 bits per heavy atom. The summed E-state index contributed by atoms with van der Waals surface area (Å²) in [6, 6.07) is 16.2. The highest BCUT2D eigenvalue weighted by Crippen LogP contribution is 2.44. The summed E-state index contributed by atoms with van der Waals surface area (Å²) in [5.41, 5.74) is 3.87. The molecule has 4 aromatic rings. The average molecular weight is 494 g/mol. The minimum atomic E-state index is -0.583. The van der Waals surface area contributed by atoms with Crippen LogP contribution in [0.2, 0.25) is 0 Å². The highest BCUT2D eigenvalue weighted by molar-refractivity contribution is 5.79. The van der Waals surface area contributed by atoms with E-state index in [0.29, 0.717) is 0 Å². The number of nitrogens with one attached hydrogen (secondary N) is 2. The normalized spacial score (nSPS) is 11.6. The number of H-pyrrole nitrogens is 1. The number of carbonyl (C=O) groups excluding carboxylic acids is 1. The van der Waals surface area contributed by atoms with E-state index in [2.05, 4.69) is 63.2 Å². The summed E-state index contributed by atoms with van der Waals surface area (Å²) in [7, 11) is 1.51. The lowest BCUT2D eigenvalue weighted by atomic mass is 9.98. The van der Waals surface area contributed by atoms with Crippen molar-refractivity contribution in [2.45, 2.75) is 19.4 Å². The van der Waals surface area contributed by atoms with Crippen LogP contribution in [0.4, 0.5) is 4.79 Å². The number of alkyl carbamates (subject to hydrolysis) is 1. The summed E-state index contributed by atoms with van der Waals surface area (Å²) in [4.78, 5) is 43.4. The number of aromatic amines is 1. The van der Waals surface area contributed by atoms with Gasteiger partial charge in [-0.3, -0.25) is 18.9 Å². The monoisotopic (exact) mass is 493 g/mol. The summed E-state index contributed by atoms with van der Waals surface area (Å²) in [5, 5.41) is 2.63. The molecule has 184 valence electrons. The molecule has 1 aliphatic carbocycles. The van der Waals surface area contributed by atoms with Crippen molar-refractivity contribution >= 4 is 17.3 Å². The maximum Gasteiger partial charge on any atom is 0.407 e. The SMILES string of the molecule is CC#CCn1c(C#CCNC(=O)OCC2c3ccccc3-c3ccccc32)nc2c1c(=O)[nH]c(=O)n2C. The number of rotatable bonds is 4. The number of ether oxygens (including phenoxy) is 1. The Kier molecular flexibility index (Phi) is 6.36. The first-order valence-electron chi connectivity index (χ1n) is 11.7. The summed E-state index contributed by atoms with van der Waals surface area (Å²) in [6.45, 7) is 2.07. The van der Waals surface area contributed by atoms with Crippen molar-refractivity contribution in [2.75, 3.05) is 13.2 Å². The standard InChI is InChI=1S/C28H23N5O4/c1-3-4-16-33-23(30-25-24(33)26(34)31-27(35)32(25)2)14-9-15-29-28(36)37-17-22-20-12-7-5-10-18(20)19-11-6-8-13-21(19)22/h5-8,10-13,22H,15-17H2,1-2H3,(H,29,36)(H,31,34,35). The molecule has 0 spiro atoms. The third-order valence-electron chi connectivity index (χ3n) is 6.29. The molecular formula is C28H23N5O4. The number of benzene rings is 2. The second-order valence-electron chi connectivity index (χ2n) is 8.42. The van der Waals surface area contributed by atoms with Gasteiger partial charge in [0, 0.05) is 13.0 Å². The van der Waals surface area contributed by atoms with E-state index < -0.39 is 17.3 Å². The lowest BCUT2D eigenvalue weighted by Crippen LogP contribution is -2.29. The van der Waals surface area contributed by atoms with Crippen molar-refractivity contribution in [2.24, 2.45) is 7.05 Å². The lowest BCUT2D eigenvalue weighted by Gasteiger charge is -2.14. The summed E-state index contributed by atoms with van der Waals surface area (Å²) in [5.74, 6) is 11.6. The predicted octanol–water partition coefficient (Wildman–Crippen LogP) is 2.34. The minimum Gasteiger partial charge on any atom is -0.449 e. The van der Waals surface area contributed by atoms with Crippen molar-refractivity contribution in [3.05, 3.63) is 86.3 Å². The van der Waals surface area contributed by atoms with Gasteiger partial charge in [0.2, 0.25) is 0 Å². The fourth-order valence-corrected chi connectivity index (χ4v) is 4.53. The smallest absolute Gasteiger partial charge is 0.407 e. The van der Waals surface area contributed by atoms with Crippen LogP contribution in [0.15, 0.2) is 58.1 Å². The maximum atomic E-state index is 12.4. The van der Waals surface area contributed by atoms with Crippen molar-refractivity contribution in [3.63, 3.8) is 0 Å². The molecule has 37 heavy (non-hydrogen) atoms. The molecular weight excluding hydrogens is 470 g/mol. The second-order valence-corrected chi connectivity index (χ2v) is 8.42. The fraction of sp³-hybridized carbons (Fsp3) is 0.214. The molecule has 0 bridgehead atoms. The van der Waals surface area contributed by atoms with Crippen molar-refractivity contribution < 1.29 is 9.53 Å². The molecule has 9 nitrogen and oxygen atoms in total. The molecule has 0 atom stereocenters. The molecule has 0 fully saturated rings. The first-order chi connectivity index (χ1) is 18.0. The second kappa shape index (κ2) is 9.92. The van der Waals surface area contributed by atoms with Crippen LogP contribution in [-0.4, -0.2) is 38.3 Å². The number of fused-ring (bicyclic) bond motifs is 4. The van der Waals surface area contributed by atoms with E-state index in [-0.39, 0.29) is 42.6 Å². The number of hydrogen-bond acceptors (Lipinski definition) is 5. The molecule has 0 aliphatic heterocycles. The minimum absolute atomic E-state index is 0.00855. The molecule has 9 heteroatoms. The Morgan fingerprint density at radius 1 is 1.08 bits per heavy atom. The maximum absolute atomic E-state index is 12.4. The zero-order chi connectivity index (χ0) is 25.9. The van der Waals surface area contributed by atoms with Crippen LogP contribution in [0.5, 0.6) is 0 Å². The van der Waals surface area contributed by atoms with Gasteiger partial charge in [0.15, 0.2) is 17.0 Å². The number of aryl methyl sites for hydroxylation is 1. The van der Waals surface area contributed by atoms with E-state index in [0.717, 1.165) is 22.3 Å². The van der Waals surface area contributed by atoms with Crippen LogP contribution < -0.4 is 16.6 Å². The van der Waals surface area contributed by atoms with Crippen molar-refractivity contribution in [1.29, 1.82) is 0 Å². The van der Waals surface area contributed by atoms with Crippen LogP contribution in [0.25, 0.3) is 22.3 Å². The highest BCUT2D eigenvalue weighted by atomic mass is 16.5. The highest BCUT2D eigenvalue weighted by Gasteiger charge is 2.28. The first kappa shape index (κ1) is 23.7. The molecule has 1 amide bonds. The number of imidazole rings is 1. The van der Waals surface area contributed by atoms with Gasteiger partial charge in [-0.25, -0.2) is 14.6 Å². The average Bonchev–Trinajstić information content (AvgIpc) is 3.43. The summed E-state index contributed by atoms with van der Waals surface area (Å²) >= 11 is 0. The van der Waals surface area contributed by atoms with Gasteiger partial charge in [0.25, 0.3) is 5.56 Å². The number of nitrogens with zero attached hydrogens (tertiary/aromatic N) is 3. The zero-order valence-electron chi connectivity index (χ0n) is 20.3. The van der Waals surface area contributed by atoms with E-state index in [9.17, 15) is 14.4 Å². The van der Waals surface area contributed by atoms with Gasteiger partial charge in [-0.05, 0) is 35.1 Å². The third kappa shape index (κ3) is 4.39.